The Morgan fingerprint density at radius 2 is 2.00 bits per heavy atom. The van der Waals surface area contributed by atoms with E-state index in [9.17, 15) is 4.79 Å². The number of benzene rings is 1. The summed E-state index contributed by atoms with van der Waals surface area (Å²) in [5, 5.41) is 11.1. The van der Waals surface area contributed by atoms with Crippen LogP contribution in [-0.2, 0) is 4.79 Å². The fourth-order valence-corrected chi connectivity index (χ4v) is 2.35. The first kappa shape index (κ1) is 13.9. The average molecular weight is 255 g/mol. The van der Waals surface area contributed by atoms with E-state index in [0.717, 1.165) is 16.0 Å². The van der Waals surface area contributed by atoms with E-state index in [0.29, 0.717) is 5.75 Å². The number of likely N-dealkylation sites (N-methyl/N-ethyl adjacent to an activating group) is 1. The lowest BCUT2D eigenvalue weighted by Crippen LogP contribution is -2.30. The van der Waals surface area contributed by atoms with Crippen LogP contribution in [0.5, 0.6) is 5.75 Å². The lowest BCUT2D eigenvalue weighted by atomic mass is 10.1. The van der Waals surface area contributed by atoms with E-state index in [1.807, 2.05) is 26.0 Å². The Morgan fingerprint density at radius 1 is 1.41 bits per heavy atom. The fraction of sp³-hybridized carbons (Fsp3) is 0.417. The monoisotopic (exact) mass is 255 g/mol. The molecule has 0 fully saturated rings. The van der Waals surface area contributed by atoms with Crippen LogP contribution in [0.3, 0.4) is 0 Å². The minimum absolute atomic E-state index is 0.675. The molecule has 0 heterocycles. The Labute approximate surface area is 105 Å². The summed E-state index contributed by atoms with van der Waals surface area (Å²) in [6.07, 6.45) is 0. The molecule has 0 spiro atoms. The number of rotatable bonds is 5. The summed E-state index contributed by atoms with van der Waals surface area (Å²) in [5.41, 5.74) is 2.25. The molecule has 17 heavy (non-hydrogen) atoms. The van der Waals surface area contributed by atoms with Crippen molar-refractivity contribution in [3.8, 4) is 5.75 Å². The Morgan fingerprint density at radius 3 is 2.47 bits per heavy atom. The van der Waals surface area contributed by atoms with Crippen molar-refractivity contribution < 1.29 is 14.6 Å². The number of aliphatic carboxylic acids is 1. The van der Waals surface area contributed by atoms with Crippen molar-refractivity contribution in [2.45, 2.75) is 24.1 Å². The first-order valence-electron chi connectivity index (χ1n) is 5.21. The van der Waals surface area contributed by atoms with Crippen molar-refractivity contribution in [2.24, 2.45) is 0 Å². The van der Waals surface area contributed by atoms with Crippen LogP contribution in [0, 0.1) is 13.8 Å². The van der Waals surface area contributed by atoms with Crippen LogP contribution in [0.1, 0.15) is 11.1 Å². The molecule has 5 heteroatoms. The molecule has 0 radical (unpaired) electrons. The highest BCUT2D eigenvalue weighted by atomic mass is 32.2. The largest absolute Gasteiger partial charge is 0.496 e. The molecular formula is C12H17NO3S. The number of thioether (sulfide) groups is 1. The van der Waals surface area contributed by atoms with Crippen LogP contribution < -0.4 is 10.1 Å². The summed E-state index contributed by atoms with van der Waals surface area (Å²) in [5.74, 6) is -0.183. The van der Waals surface area contributed by atoms with E-state index < -0.39 is 11.3 Å². The van der Waals surface area contributed by atoms with Crippen molar-refractivity contribution >= 4 is 17.7 Å². The van der Waals surface area contributed by atoms with Gasteiger partial charge in [0, 0.05) is 0 Å². The average Bonchev–Trinajstić information content (AvgIpc) is 2.29. The highest BCUT2D eigenvalue weighted by Gasteiger charge is 2.19. The minimum atomic E-state index is -0.891. The van der Waals surface area contributed by atoms with Gasteiger partial charge in [0.25, 0.3) is 0 Å². The van der Waals surface area contributed by atoms with E-state index in [1.165, 1.54) is 11.8 Å². The second kappa shape index (κ2) is 5.93. The van der Waals surface area contributed by atoms with Crippen LogP contribution in [0.25, 0.3) is 0 Å². The molecule has 1 aromatic rings. The van der Waals surface area contributed by atoms with Gasteiger partial charge in [0.05, 0.1) is 12.0 Å². The molecule has 0 saturated heterocycles. The Balaban J connectivity index is 3.04. The molecule has 0 saturated carbocycles. The minimum Gasteiger partial charge on any atom is -0.496 e. The molecule has 0 bridgehead atoms. The zero-order valence-electron chi connectivity index (χ0n) is 10.4. The predicted octanol–water partition coefficient (Wildman–Crippen LogP) is 2.03. The molecule has 4 nitrogen and oxygen atoms in total. The van der Waals surface area contributed by atoms with Crippen LogP contribution in [-0.4, -0.2) is 30.6 Å². The number of carboxylic acid groups (broad SMARTS) is 1. The number of aryl methyl sites for hydroxylation is 2. The Bertz CT molecular complexity index is 420. The fourth-order valence-electron chi connectivity index (χ4n) is 1.37. The van der Waals surface area contributed by atoms with Crippen molar-refractivity contribution in [1.29, 1.82) is 0 Å². The van der Waals surface area contributed by atoms with Crippen molar-refractivity contribution in [1.82, 2.24) is 5.32 Å². The second-order valence-electron chi connectivity index (χ2n) is 3.71. The van der Waals surface area contributed by atoms with Gasteiger partial charge in [0.1, 0.15) is 5.75 Å². The first-order valence-corrected chi connectivity index (χ1v) is 6.09. The summed E-state index contributed by atoms with van der Waals surface area (Å²) >= 11 is 1.24. The molecule has 1 rings (SSSR count). The summed E-state index contributed by atoms with van der Waals surface area (Å²) in [4.78, 5) is 11.8. The van der Waals surface area contributed by atoms with Gasteiger partial charge >= 0.3 is 5.97 Å². The molecule has 1 atom stereocenters. The van der Waals surface area contributed by atoms with Crippen LogP contribution in [0.15, 0.2) is 17.0 Å². The van der Waals surface area contributed by atoms with E-state index in [1.54, 1.807) is 14.2 Å². The van der Waals surface area contributed by atoms with Crippen LogP contribution >= 0.6 is 11.8 Å². The number of ether oxygens (including phenoxy) is 1. The molecule has 0 aromatic heterocycles. The highest BCUT2D eigenvalue weighted by Crippen LogP contribution is 2.33. The van der Waals surface area contributed by atoms with Gasteiger partial charge in [-0.25, -0.2) is 4.79 Å². The molecular weight excluding hydrogens is 238 g/mol. The van der Waals surface area contributed by atoms with Gasteiger partial charge in [0.15, 0.2) is 5.37 Å². The quantitative estimate of drug-likeness (QED) is 0.623. The van der Waals surface area contributed by atoms with Gasteiger partial charge < -0.3 is 9.84 Å². The van der Waals surface area contributed by atoms with Gasteiger partial charge in [-0.3, -0.25) is 5.32 Å². The molecule has 1 aromatic carbocycles. The van der Waals surface area contributed by atoms with Crippen molar-refractivity contribution in [2.75, 3.05) is 14.2 Å². The van der Waals surface area contributed by atoms with E-state index in [2.05, 4.69) is 5.32 Å². The van der Waals surface area contributed by atoms with E-state index in [-0.39, 0.29) is 0 Å². The van der Waals surface area contributed by atoms with Crippen LogP contribution in [0.4, 0.5) is 0 Å². The van der Waals surface area contributed by atoms with Gasteiger partial charge in [-0.05, 0) is 44.2 Å². The SMILES string of the molecule is CNC(Sc1cc(C)c(C)cc1OC)C(=O)O. The van der Waals surface area contributed by atoms with Crippen molar-refractivity contribution in [3.05, 3.63) is 23.3 Å². The van der Waals surface area contributed by atoms with Gasteiger partial charge in [-0.1, -0.05) is 11.8 Å². The highest BCUT2D eigenvalue weighted by molar-refractivity contribution is 8.00. The van der Waals surface area contributed by atoms with Gasteiger partial charge in [0.2, 0.25) is 0 Å². The summed E-state index contributed by atoms with van der Waals surface area (Å²) < 4.78 is 5.26. The molecule has 1 unspecified atom stereocenters. The topological polar surface area (TPSA) is 58.6 Å². The lowest BCUT2D eigenvalue weighted by molar-refractivity contribution is -0.136. The maximum atomic E-state index is 11.0. The second-order valence-corrected chi connectivity index (χ2v) is 4.86. The summed E-state index contributed by atoms with van der Waals surface area (Å²) in [6, 6.07) is 3.87. The zero-order chi connectivity index (χ0) is 13.0. The zero-order valence-corrected chi connectivity index (χ0v) is 11.2. The summed E-state index contributed by atoms with van der Waals surface area (Å²) in [6.45, 7) is 3.99. The van der Waals surface area contributed by atoms with Crippen molar-refractivity contribution in [3.63, 3.8) is 0 Å². The molecule has 0 aliphatic rings. The maximum Gasteiger partial charge on any atom is 0.331 e. The number of nitrogens with one attached hydrogen (secondary N) is 1. The molecule has 0 aliphatic carbocycles. The van der Waals surface area contributed by atoms with E-state index >= 15 is 0 Å². The smallest absolute Gasteiger partial charge is 0.331 e. The third kappa shape index (κ3) is 3.38. The van der Waals surface area contributed by atoms with Crippen LogP contribution in [0.2, 0.25) is 0 Å². The molecule has 2 N–H and O–H groups in total. The molecule has 94 valence electrons. The third-order valence-electron chi connectivity index (χ3n) is 2.51. The number of carboxylic acids is 1. The predicted molar refractivity (Wildman–Crippen MR) is 68.8 cm³/mol. The Kier molecular flexibility index (Phi) is 4.84. The van der Waals surface area contributed by atoms with Gasteiger partial charge in [-0.2, -0.15) is 0 Å². The lowest BCUT2D eigenvalue weighted by Gasteiger charge is -2.15. The molecule has 0 amide bonds. The first-order chi connectivity index (χ1) is 7.99. The standard InChI is InChI=1S/C12H17NO3S/c1-7-5-9(16-4)10(6-8(7)2)17-11(13-3)12(14)15/h5-6,11,13H,1-4H3,(H,14,15). The van der Waals surface area contributed by atoms with Gasteiger partial charge in [-0.15, -0.1) is 0 Å². The third-order valence-corrected chi connectivity index (χ3v) is 3.76. The normalized spacial score (nSPS) is 12.2. The Hall–Kier alpha value is -1.20. The maximum absolute atomic E-state index is 11.0. The number of carbonyl (C=O) groups is 1. The number of methoxy groups -OCH3 is 1. The number of hydrogen-bond acceptors (Lipinski definition) is 4. The molecule has 0 aliphatic heterocycles. The summed E-state index contributed by atoms with van der Waals surface area (Å²) in [7, 11) is 3.21. The van der Waals surface area contributed by atoms with E-state index in [4.69, 9.17) is 9.84 Å². The number of hydrogen-bond donors (Lipinski definition) is 2.